The van der Waals surface area contributed by atoms with E-state index in [9.17, 15) is 4.39 Å². The summed E-state index contributed by atoms with van der Waals surface area (Å²) in [5.74, 6) is 1.60. The fourth-order valence-corrected chi connectivity index (χ4v) is 3.95. The number of likely N-dealkylation sites (tertiary alicyclic amines) is 1. The van der Waals surface area contributed by atoms with E-state index >= 15 is 0 Å². The van der Waals surface area contributed by atoms with Crippen LogP contribution >= 0.6 is 0 Å². The molecule has 2 aliphatic heterocycles. The minimum Gasteiger partial charge on any atom is -0.378 e. The second-order valence-corrected chi connectivity index (χ2v) is 7.56. The predicted molar refractivity (Wildman–Crippen MR) is 108 cm³/mol. The molecule has 0 atom stereocenters. The van der Waals surface area contributed by atoms with Crippen LogP contribution in [-0.2, 0) is 11.3 Å². The zero-order valence-electron chi connectivity index (χ0n) is 16.4. The van der Waals surface area contributed by atoms with Gasteiger partial charge in [-0.2, -0.15) is 4.98 Å². The fourth-order valence-electron chi connectivity index (χ4n) is 3.95. The van der Waals surface area contributed by atoms with Crippen LogP contribution in [0.25, 0.3) is 0 Å². The maximum atomic E-state index is 13.1. The summed E-state index contributed by atoms with van der Waals surface area (Å²) < 4.78 is 18.5. The summed E-state index contributed by atoms with van der Waals surface area (Å²) in [6.45, 7) is 6.10. The van der Waals surface area contributed by atoms with Crippen LogP contribution in [0.3, 0.4) is 0 Å². The minimum absolute atomic E-state index is 0.176. The van der Waals surface area contributed by atoms with Crippen LogP contribution in [0.5, 0.6) is 0 Å². The van der Waals surface area contributed by atoms with Gasteiger partial charge in [0.25, 0.3) is 0 Å². The molecule has 150 valence electrons. The van der Waals surface area contributed by atoms with E-state index in [0.717, 1.165) is 70.5 Å². The number of rotatable bonds is 5. The normalized spacial score (nSPS) is 19.0. The van der Waals surface area contributed by atoms with Crippen LogP contribution in [0.4, 0.5) is 16.2 Å². The number of morpholine rings is 1. The zero-order chi connectivity index (χ0) is 19.3. The molecular weight excluding hydrogens is 357 g/mol. The zero-order valence-corrected chi connectivity index (χ0v) is 16.4. The molecule has 2 fully saturated rings. The van der Waals surface area contributed by atoms with E-state index in [0.29, 0.717) is 6.04 Å². The van der Waals surface area contributed by atoms with Crippen molar-refractivity contribution in [2.45, 2.75) is 25.4 Å². The molecule has 6 nitrogen and oxygen atoms in total. The number of benzene rings is 1. The summed E-state index contributed by atoms with van der Waals surface area (Å²) >= 11 is 0. The quantitative estimate of drug-likeness (QED) is 0.788. The van der Waals surface area contributed by atoms with Gasteiger partial charge >= 0.3 is 0 Å². The number of ether oxygens (including phenoxy) is 1. The third kappa shape index (κ3) is 4.59. The van der Waals surface area contributed by atoms with Gasteiger partial charge in [-0.3, -0.25) is 4.90 Å². The maximum absolute atomic E-state index is 13.1. The summed E-state index contributed by atoms with van der Waals surface area (Å²) in [4.78, 5) is 16.2. The molecule has 2 aliphatic rings. The lowest BCUT2D eigenvalue weighted by atomic mass is 10.0. The summed E-state index contributed by atoms with van der Waals surface area (Å²) in [6, 6.07) is 9.29. The highest BCUT2D eigenvalue weighted by Gasteiger charge is 2.24. The number of halogens is 1. The molecule has 1 aromatic heterocycles. The Labute approximate surface area is 165 Å². The molecule has 0 radical (unpaired) electrons. The topological polar surface area (TPSA) is 44.7 Å². The Hall–Kier alpha value is -2.25. The van der Waals surface area contributed by atoms with Crippen molar-refractivity contribution in [2.75, 3.05) is 56.2 Å². The number of aromatic nitrogens is 2. The Kier molecular flexibility index (Phi) is 6.02. The van der Waals surface area contributed by atoms with E-state index < -0.39 is 0 Å². The van der Waals surface area contributed by atoms with Crippen molar-refractivity contribution in [1.29, 1.82) is 0 Å². The molecule has 0 unspecified atom stereocenters. The SMILES string of the molecule is CN(c1ccnc(N2CCOCC2)n1)C1CCN(Cc2ccc(F)cc2)CC1. The van der Waals surface area contributed by atoms with Gasteiger partial charge in [0, 0.05) is 52.0 Å². The summed E-state index contributed by atoms with van der Waals surface area (Å²) in [5.41, 5.74) is 1.17. The molecule has 4 rings (SSSR count). The second kappa shape index (κ2) is 8.84. The average molecular weight is 385 g/mol. The van der Waals surface area contributed by atoms with E-state index in [1.165, 1.54) is 17.7 Å². The minimum atomic E-state index is -0.176. The first-order valence-electron chi connectivity index (χ1n) is 10.0. The van der Waals surface area contributed by atoms with Crippen molar-refractivity contribution in [3.05, 3.63) is 47.9 Å². The van der Waals surface area contributed by atoms with E-state index in [2.05, 4.69) is 26.7 Å². The highest BCUT2D eigenvalue weighted by molar-refractivity contribution is 5.44. The van der Waals surface area contributed by atoms with Crippen LogP contribution in [-0.4, -0.2) is 67.4 Å². The van der Waals surface area contributed by atoms with Gasteiger partial charge in [-0.1, -0.05) is 12.1 Å². The first-order chi connectivity index (χ1) is 13.7. The number of anilines is 2. The molecule has 28 heavy (non-hydrogen) atoms. The number of hydrogen-bond acceptors (Lipinski definition) is 6. The highest BCUT2D eigenvalue weighted by Crippen LogP contribution is 2.23. The molecule has 0 amide bonds. The lowest BCUT2D eigenvalue weighted by Gasteiger charge is -2.37. The van der Waals surface area contributed by atoms with Gasteiger partial charge in [-0.15, -0.1) is 0 Å². The fraction of sp³-hybridized carbons (Fsp3) is 0.524. The standard InChI is InChI=1S/C21H28FN5O/c1-25(20-6-9-23-21(24-20)27-12-14-28-15-13-27)19-7-10-26(11-8-19)16-17-2-4-18(22)5-3-17/h2-6,9,19H,7-8,10-16H2,1H3. The molecule has 0 saturated carbocycles. The van der Waals surface area contributed by atoms with Gasteiger partial charge in [0.2, 0.25) is 5.95 Å². The molecule has 1 aromatic carbocycles. The van der Waals surface area contributed by atoms with Gasteiger partial charge < -0.3 is 14.5 Å². The molecule has 0 aliphatic carbocycles. The largest absolute Gasteiger partial charge is 0.378 e. The third-order valence-electron chi connectivity index (χ3n) is 5.71. The second-order valence-electron chi connectivity index (χ2n) is 7.56. The van der Waals surface area contributed by atoms with Crippen LogP contribution in [0.15, 0.2) is 36.5 Å². The van der Waals surface area contributed by atoms with Gasteiger partial charge in [0.05, 0.1) is 13.2 Å². The molecule has 0 bridgehead atoms. The van der Waals surface area contributed by atoms with Crippen LogP contribution in [0.1, 0.15) is 18.4 Å². The number of piperidine rings is 1. The Balaban J connectivity index is 1.33. The summed E-state index contributed by atoms with van der Waals surface area (Å²) in [6.07, 6.45) is 4.04. The first-order valence-corrected chi connectivity index (χ1v) is 10.0. The van der Waals surface area contributed by atoms with Crippen molar-refractivity contribution in [1.82, 2.24) is 14.9 Å². The highest BCUT2D eigenvalue weighted by atomic mass is 19.1. The Bertz CT molecular complexity index is 758. The number of hydrogen-bond donors (Lipinski definition) is 0. The van der Waals surface area contributed by atoms with Crippen LogP contribution in [0.2, 0.25) is 0 Å². The van der Waals surface area contributed by atoms with Crippen molar-refractivity contribution in [2.24, 2.45) is 0 Å². The molecular formula is C21H28FN5O. The van der Waals surface area contributed by atoms with Crippen molar-refractivity contribution < 1.29 is 9.13 Å². The van der Waals surface area contributed by atoms with E-state index in [4.69, 9.17) is 9.72 Å². The third-order valence-corrected chi connectivity index (χ3v) is 5.71. The van der Waals surface area contributed by atoms with Crippen LogP contribution in [0, 0.1) is 5.82 Å². The van der Waals surface area contributed by atoms with Crippen molar-refractivity contribution in [3.63, 3.8) is 0 Å². The van der Waals surface area contributed by atoms with Crippen molar-refractivity contribution >= 4 is 11.8 Å². The monoisotopic (exact) mass is 385 g/mol. The van der Waals surface area contributed by atoms with E-state index in [1.807, 2.05) is 24.4 Å². The van der Waals surface area contributed by atoms with Gasteiger partial charge in [0.1, 0.15) is 11.6 Å². The lowest BCUT2D eigenvalue weighted by Crippen LogP contribution is -2.43. The smallest absolute Gasteiger partial charge is 0.227 e. The van der Waals surface area contributed by atoms with Gasteiger partial charge in [-0.25, -0.2) is 9.37 Å². The molecule has 7 heteroatoms. The van der Waals surface area contributed by atoms with Gasteiger partial charge in [-0.05, 0) is 36.6 Å². The lowest BCUT2D eigenvalue weighted by molar-refractivity contribution is 0.122. The number of nitrogens with zero attached hydrogens (tertiary/aromatic N) is 5. The maximum Gasteiger partial charge on any atom is 0.227 e. The average Bonchev–Trinajstić information content (AvgIpc) is 2.76. The Morgan fingerprint density at radius 3 is 2.50 bits per heavy atom. The molecule has 3 heterocycles. The molecule has 0 spiro atoms. The van der Waals surface area contributed by atoms with Crippen LogP contribution < -0.4 is 9.80 Å². The first kappa shape index (κ1) is 19.1. The van der Waals surface area contributed by atoms with E-state index in [-0.39, 0.29) is 5.82 Å². The summed E-state index contributed by atoms with van der Waals surface area (Å²) in [7, 11) is 2.13. The molecule has 2 aromatic rings. The Morgan fingerprint density at radius 1 is 1.07 bits per heavy atom. The Morgan fingerprint density at radius 2 is 1.79 bits per heavy atom. The van der Waals surface area contributed by atoms with Crippen molar-refractivity contribution in [3.8, 4) is 0 Å². The molecule has 0 N–H and O–H groups in total. The predicted octanol–water partition coefficient (Wildman–Crippen LogP) is 2.55. The van der Waals surface area contributed by atoms with Gasteiger partial charge in [0.15, 0.2) is 0 Å². The molecule has 2 saturated heterocycles. The summed E-state index contributed by atoms with van der Waals surface area (Å²) in [5, 5.41) is 0. The van der Waals surface area contributed by atoms with E-state index in [1.54, 1.807) is 0 Å².